The van der Waals surface area contributed by atoms with Crippen LogP contribution in [-0.2, 0) is 0 Å². The summed E-state index contributed by atoms with van der Waals surface area (Å²) in [5.41, 5.74) is 2.05. The summed E-state index contributed by atoms with van der Waals surface area (Å²) >= 11 is 0. The van der Waals surface area contributed by atoms with Crippen LogP contribution in [-0.4, -0.2) is 21.1 Å². The fourth-order valence-electron chi connectivity index (χ4n) is 1.42. The van der Waals surface area contributed by atoms with Crippen molar-refractivity contribution < 1.29 is 0 Å². The molecule has 0 atom stereocenters. The number of nitrogens with one attached hydrogen (secondary N) is 1. The van der Waals surface area contributed by atoms with E-state index < -0.39 is 0 Å². The average molecular weight is 190 g/mol. The first-order valence-corrected chi connectivity index (χ1v) is 4.86. The molecule has 2 rings (SSSR count). The van der Waals surface area contributed by atoms with Crippen LogP contribution in [0.15, 0.2) is 18.5 Å². The molecule has 2 aromatic heterocycles. The number of aromatic nitrogens is 3. The Morgan fingerprint density at radius 2 is 2.36 bits per heavy atom. The molecule has 0 aliphatic heterocycles. The lowest BCUT2D eigenvalue weighted by Gasteiger charge is -2.04. The molecule has 0 spiro atoms. The van der Waals surface area contributed by atoms with Crippen LogP contribution in [0.25, 0.3) is 5.52 Å². The van der Waals surface area contributed by atoms with Gasteiger partial charge in [-0.15, -0.1) is 0 Å². The Morgan fingerprint density at radius 1 is 1.50 bits per heavy atom. The first-order valence-electron chi connectivity index (χ1n) is 4.86. The molecule has 1 N–H and O–H groups in total. The fraction of sp³-hybridized carbons (Fsp3) is 0.400. The molecular weight excluding hydrogens is 176 g/mol. The molecule has 74 valence electrons. The minimum absolute atomic E-state index is 0.912. The zero-order valence-electron chi connectivity index (χ0n) is 8.49. The average Bonchev–Trinajstić information content (AvgIpc) is 2.55. The van der Waals surface area contributed by atoms with Gasteiger partial charge in [0.1, 0.15) is 5.52 Å². The molecule has 0 saturated carbocycles. The highest BCUT2D eigenvalue weighted by molar-refractivity contribution is 5.67. The first kappa shape index (κ1) is 8.99. The van der Waals surface area contributed by atoms with Crippen LogP contribution in [0.5, 0.6) is 0 Å². The second-order valence-electron chi connectivity index (χ2n) is 3.32. The summed E-state index contributed by atoms with van der Waals surface area (Å²) in [6, 6.07) is 2.03. The smallest absolute Gasteiger partial charge is 0.152 e. The van der Waals surface area contributed by atoms with E-state index in [1.807, 2.05) is 23.7 Å². The third-order valence-corrected chi connectivity index (χ3v) is 2.05. The number of fused-ring (bicyclic) bond motifs is 1. The van der Waals surface area contributed by atoms with Crippen LogP contribution >= 0.6 is 0 Å². The third kappa shape index (κ3) is 1.55. The maximum Gasteiger partial charge on any atom is 0.152 e. The molecule has 0 amide bonds. The molecule has 0 bridgehead atoms. The summed E-state index contributed by atoms with van der Waals surface area (Å²) in [5, 5.41) is 7.60. The Bertz CT molecular complexity index is 433. The minimum atomic E-state index is 0.912. The van der Waals surface area contributed by atoms with Crippen molar-refractivity contribution in [2.45, 2.75) is 20.3 Å². The van der Waals surface area contributed by atoms with E-state index in [1.165, 1.54) is 0 Å². The molecule has 4 heteroatoms. The summed E-state index contributed by atoms with van der Waals surface area (Å²) in [5.74, 6) is 0.912. The standard InChI is InChI=1S/C10H14N4/c1-3-4-11-10-9-7-8(2)13-14(9)6-5-12-10/h5-7H,3-4H2,1-2H3,(H,11,12). The lowest BCUT2D eigenvalue weighted by molar-refractivity contribution is 0.913. The highest BCUT2D eigenvalue weighted by Gasteiger charge is 2.03. The second kappa shape index (κ2) is 3.65. The van der Waals surface area contributed by atoms with E-state index in [0.29, 0.717) is 0 Å². The highest BCUT2D eigenvalue weighted by atomic mass is 15.2. The van der Waals surface area contributed by atoms with Gasteiger partial charge in [0.05, 0.1) is 5.69 Å². The van der Waals surface area contributed by atoms with Gasteiger partial charge in [-0.2, -0.15) is 5.10 Å². The Hall–Kier alpha value is -1.58. The molecule has 0 aromatic carbocycles. The van der Waals surface area contributed by atoms with Gasteiger partial charge in [0.15, 0.2) is 5.82 Å². The van der Waals surface area contributed by atoms with E-state index in [9.17, 15) is 0 Å². The van der Waals surface area contributed by atoms with Crippen LogP contribution in [0.3, 0.4) is 0 Å². The molecule has 4 nitrogen and oxygen atoms in total. The van der Waals surface area contributed by atoms with Crippen LogP contribution in [0.4, 0.5) is 5.82 Å². The second-order valence-corrected chi connectivity index (χ2v) is 3.32. The van der Waals surface area contributed by atoms with Gasteiger partial charge in [-0.25, -0.2) is 9.50 Å². The Labute approximate surface area is 83.0 Å². The van der Waals surface area contributed by atoms with Gasteiger partial charge in [-0.1, -0.05) is 6.92 Å². The Kier molecular flexibility index (Phi) is 2.35. The minimum Gasteiger partial charge on any atom is -0.368 e. The molecule has 0 fully saturated rings. The summed E-state index contributed by atoms with van der Waals surface area (Å²) in [6.07, 6.45) is 4.72. The summed E-state index contributed by atoms with van der Waals surface area (Å²) in [7, 11) is 0. The van der Waals surface area contributed by atoms with Crippen molar-refractivity contribution in [2.24, 2.45) is 0 Å². The molecule has 0 radical (unpaired) electrons. The predicted molar refractivity (Wildman–Crippen MR) is 56.5 cm³/mol. The van der Waals surface area contributed by atoms with Crippen molar-refractivity contribution in [1.29, 1.82) is 0 Å². The quantitative estimate of drug-likeness (QED) is 0.803. The zero-order valence-corrected chi connectivity index (χ0v) is 8.49. The van der Waals surface area contributed by atoms with Crippen LogP contribution < -0.4 is 5.32 Å². The normalized spacial score (nSPS) is 10.7. The van der Waals surface area contributed by atoms with Crippen LogP contribution in [0, 0.1) is 6.92 Å². The third-order valence-electron chi connectivity index (χ3n) is 2.05. The van der Waals surface area contributed by atoms with Gasteiger partial charge in [0, 0.05) is 18.9 Å². The number of nitrogens with zero attached hydrogens (tertiary/aromatic N) is 3. The first-order chi connectivity index (χ1) is 6.81. The molecule has 2 aromatic rings. The van der Waals surface area contributed by atoms with Crippen LogP contribution in [0.2, 0.25) is 0 Å². The van der Waals surface area contributed by atoms with E-state index >= 15 is 0 Å². The van der Waals surface area contributed by atoms with Crippen molar-refractivity contribution in [3.63, 3.8) is 0 Å². The zero-order chi connectivity index (χ0) is 9.97. The number of anilines is 1. The van der Waals surface area contributed by atoms with Gasteiger partial charge in [0.2, 0.25) is 0 Å². The topological polar surface area (TPSA) is 42.2 Å². The summed E-state index contributed by atoms with van der Waals surface area (Å²) in [4.78, 5) is 4.29. The van der Waals surface area contributed by atoms with Crippen molar-refractivity contribution in [1.82, 2.24) is 14.6 Å². The van der Waals surface area contributed by atoms with Crippen LogP contribution in [0.1, 0.15) is 19.0 Å². The lowest BCUT2D eigenvalue weighted by Crippen LogP contribution is -2.03. The molecule has 0 aliphatic rings. The molecule has 14 heavy (non-hydrogen) atoms. The Balaban J connectivity index is 2.42. The van der Waals surface area contributed by atoms with E-state index in [0.717, 1.165) is 30.0 Å². The van der Waals surface area contributed by atoms with E-state index in [2.05, 4.69) is 22.3 Å². The predicted octanol–water partition coefficient (Wildman–Crippen LogP) is 1.86. The maximum atomic E-state index is 4.32. The fourth-order valence-corrected chi connectivity index (χ4v) is 1.42. The van der Waals surface area contributed by atoms with Crippen molar-refractivity contribution in [3.05, 3.63) is 24.2 Å². The summed E-state index contributed by atoms with van der Waals surface area (Å²) in [6.45, 7) is 5.06. The van der Waals surface area contributed by atoms with E-state index in [4.69, 9.17) is 0 Å². The number of hydrogen-bond acceptors (Lipinski definition) is 3. The Morgan fingerprint density at radius 3 is 3.14 bits per heavy atom. The summed E-state index contributed by atoms with van der Waals surface area (Å²) < 4.78 is 1.85. The van der Waals surface area contributed by atoms with Crippen molar-refractivity contribution >= 4 is 11.3 Å². The SMILES string of the molecule is CCCNc1nccn2nc(C)cc12. The van der Waals surface area contributed by atoms with Gasteiger partial charge >= 0.3 is 0 Å². The van der Waals surface area contributed by atoms with Gasteiger partial charge < -0.3 is 5.32 Å². The maximum absolute atomic E-state index is 4.32. The van der Waals surface area contributed by atoms with Crippen molar-refractivity contribution in [3.8, 4) is 0 Å². The van der Waals surface area contributed by atoms with Crippen molar-refractivity contribution in [2.75, 3.05) is 11.9 Å². The number of hydrogen-bond donors (Lipinski definition) is 1. The highest BCUT2D eigenvalue weighted by Crippen LogP contribution is 2.14. The lowest BCUT2D eigenvalue weighted by atomic mass is 10.4. The molecule has 0 saturated heterocycles. The molecule has 0 aliphatic carbocycles. The molecule has 2 heterocycles. The largest absolute Gasteiger partial charge is 0.368 e. The monoisotopic (exact) mass is 190 g/mol. The van der Waals surface area contributed by atoms with Gasteiger partial charge in [-0.3, -0.25) is 0 Å². The number of rotatable bonds is 3. The molecule has 0 unspecified atom stereocenters. The number of aryl methyl sites for hydroxylation is 1. The van der Waals surface area contributed by atoms with Gasteiger partial charge in [-0.05, 0) is 19.4 Å². The molecular formula is C10H14N4. The van der Waals surface area contributed by atoms with E-state index in [-0.39, 0.29) is 0 Å². The van der Waals surface area contributed by atoms with Gasteiger partial charge in [0.25, 0.3) is 0 Å². The van der Waals surface area contributed by atoms with E-state index in [1.54, 1.807) is 6.20 Å².